The van der Waals surface area contributed by atoms with E-state index in [1.165, 1.54) is 11.3 Å². The zero-order chi connectivity index (χ0) is 23.1. The van der Waals surface area contributed by atoms with Crippen molar-refractivity contribution in [2.45, 2.75) is 26.8 Å². The Labute approximate surface area is 197 Å². The van der Waals surface area contributed by atoms with Crippen LogP contribution >= 0.6 is 22.7 Å². The lowest BCUT2D eigenvalue weighted by molar-refractivity contribution is -0.113. The molecule has 1 aliphatic heterocycles. The van der Waals surface area contributed by atoms with Crippen LogP contribution in [0.4, 0.5) is 5.69 Å². The summed E-state index contributed by atoms with van der Waals surface area (Å²) >= 11 is 2.88. The number of hydrogen-bond acceptors (Lipinski definition) is 6. The van der Waals surface area contributed by atoms with Gasteiger partial charge in [0.05, 0.1) is 15.8 Å². The molecule has 0 saturated heterocycles. The molecule has 4 heterocycles. The Bertz CT molecular complexity index is 1570. The molecule has 1 amide bonds. The van der Waals surface area contributed by atoms with Crippen LogP contribution in [-0.2, 0) is 4.79 Å². The highest BCUT2D eigenvalue weighted by atomic mass is 32.1. The number of nitrogens with zero attached hydrogens (tertiary/aromatic N) is 2. The van der Waals surface area contributed by atoms with Crippen LogP contribution in [0.2, 0.25) is 0 Å². The van der Waals surface area contributed by atoms with Crippen molar-refractivity contribution in [2.75, 3.05) is 5.32 Å². The van der Waals surface area contributed by atoms with E-state index < -0.39 is 6.04 Å². The van der Waals surface area contributed by atoms with Crippen molar-refractivity contribution in [1.29, 1.82) is 0 Å². The largest absolute Gasteiger partial charge is 0.464 e. The fourth-order valence-electron chi connectivity index (χ4n) is 3.89. The number of thiophene rings is 1. The van der Waals surface area contributed by atoms with Gasteiger partial charge in [-0.1, -0.05) is 35.6 Å². The molecule has 4 aromatic rings. The molecule has 0 spiro atoms. The van der Waals surface area contributed by atoms with Crippen LogP contribution in [0.1, 0.15) is 34.9 Å². The molecular formula is C25H21N3O3S2. The zero-order valence-corrected chi connectivity index (χ0v) is 19.9. The number of furan rings is 1. The Morgan fingerprint density at radius 2 is 1.94 bits per heavy atom. The molecule has 6 nitrogen and oxygen atoms in total. The molecule has 1 atom stereocenters. The average Bonchev–Trinajstić information content (AvgIpc) is 3.51. The minimum absolute atomic E-state index is 0.195. The number of thiazole rings is 1. The smallest absolute Gasteiger partial charge is 0.271 e. The molecule has 33 heavy (non-hydrogen) atoms. The first kappa shape index (κ1) is 21.4. The molecule has 1 N–H and O–H groups in total. The van der Waals surface area contributed by atoms with E-state index in [9.17, 15) is 9.59 Å². The summed E-state index contributed by atoms with van der Waals surface area (Å²) in [4.78, 5) is 33.2. The summed E-state index contributed by atoms with van der Waals surface area (Å²) in [5.41, 5.74) is 2.42. The molecule has 1 unspecified atom stereocenters. The summed E-state index contributed by atoms with van der Waals surface area (Å²) in [6.45, 7) is 5.57. The predicted molar refractivity (Wildman–Crippen MR) is 131 cm³/mol. The molecule has 0 fully saturated rings. The Morgan fingerprint density at radius 3 is 2.64 bits per heavy atom. The lowest BCUT2D eigenvalue weighted by Gasteiger charge is -2.23. The average molecular weight is 476 g/mol. The molecule has 0 radical (unpaired) electrons. The Balaban J connectivity index is 1.67. The summed E-state index contributed by atoms with van der Waals surface area (Å²) in [6.07, 6.45) is 1.87. The standard InChI is InChI=1S/C25H21N3O3S2/c1-14-7-4-5-9-18(14)27-23(29)21-16(3)26-25-28(22(21)19-11-10-15(2)31-19)24(30)20(33-25)13-17-8-6-12-32-17/h4-13,22H,1-3H3,(H,27,29)/b20-13-. The van der Waals surface area contributed by atoms with Crippen LogP contribution in [0.3, 0.4) is 0 Å². The number of fused-ring (bicyclic) bond motifs is 1. The van der Waals surface area contributed by atoms with Crippen molar-refractivity contribution in [2.24, 2.45) is 4.99 Å². The normalized spacial score (nSPS) is 16.0. The SMILES string of the molecule is CC1=C(C(=O)Nc2ccccc2C)C(c2ccc(C)o2)n2c(s/c(=C\c3cccs3)c2=O)=N1. The number of carbonyl (C=O) groups excluding carboxylic acids is 1. The number of carbonyl (C=O) groups is 1. The lowest BCUT2D eigenvalue weighted by atomic mass is 10.00. The fourth-order valence-corrected chi connectivity index (χ4v) is 5.66. The topological polar surface area (TPSA) is 76.6 Å². The quantitative estimate of drug-likeness (QED) is 0.482. The minimum Gasteiger partial charge on any atom is -0.464 e. The van der Waals surface area contributed by atoms with E-state index >= 15 is 0 Å². The highest BCUT2D eigenvalue weighted by molar-refractivity contribution is 7.11. The molecule has 0 saturated carbocycles. The van der Waals surface area contributed by atoms with E-state index in [0.29, 0.717) is 37.8 Å². The first-order valence-electron chi connectivity index (χ1n) is 10.4. The second kappa shape index (κ2) is 8.46. The number of anilines is 1. The molecule has 8 heteroatoms. The maximum Gasteiger partial charge on any atom is 0.271 e. The number of aryl methyl sites for hydroxylation is 2. The zero-order valence-electron chi connectivity index (χ0n) is 18.3. The van der Waals surface area contributed by atoms with Crippen molar-refractivity contribution in [3.63, 3.8) is 0 Å². The summed E-state index contributed by atoms with van der Waals surface area (Å²) in [7, 11) is 0. The summed E-state index contributed by atoms with van der Waals surface area (Å²) in [6, 6.07) is 14.4. The van der Waals surface area contributed by atoms with Gasteiger partial charge in [-0.15, -0.1) is 11.3 Å². The molecule has 1 aromatic carbocycles. The third-order valence-electron chi connectivity index (χ3n) is 5.51. The number of amides is 1. The summed E-state index contributed by atoms with van der Waals surface area (Å²) in [5, 5.41) is 4.96. The molecule has 166 valence electrons. The van der Waals surface area contributed by atoms with Crippen molar-refractivity contribution in [3.8, 4) is 0 Å². The van der Waals surface area contributed by atoms with Gasteiger partial charge in [-0.3, -0.25) is 14.2 Å². The predicted octanol–water partition coefficient (Wildman–Crippen LogP) is 4.15. The van der Waals surface area contributed by atoms with Gasteiger partial charge in [0, 0.05) is 10.6 Å². The Kier molecular flexibility index (Phi) is 5.47. The van der Waals surface area contributed by atoms with E-state index in [1.807, 2.05) is 73.8 Å². The second-order valence-electron chi connectivity index (χ2n) is 7.81. The van der Waals surface area contributed by atoms with E-state index in [-0.39, 0.29) is 11.5 Å². The van der Waals surface area contributed by atoms with Crippen LogP contribution in [0.5, 0.6) is 0 Å². The number of rotatable bonds is 4. The van der Waals surface area contributed by atoms with Gasteiger partial charge in [-0.05, 0) is 62.1 Å². The number of aromatic nitrogens is 1. The molecule has 0 bridgehead atoms. The van der Waals surface area contributed by atoms with E-state index in [2.05, 4.69) is 10.3 Å². The second-order valence-corrected chi connectivity index (χ2v) is 9.80. The molecule has 5 rings (SSSR count). The van der Waals surface area contributed by atoms with Crippen LogP contribution in [-0.4, -0.2) is 10.5 Å². The third kappa shape index (κ3) is 3.92. The number of hydrogen-bond donors (Lipinski definition) is 1. The number of para-hydroxylation sites is 1. The van der Waals surface area contributed by atoms with Crippen LogP contribution < -0.4 is 20.2 Å². The van der Waals surface area contributed by atoms with Gasteiger partial charge in [0.15, 0.2) is 4.80 Å². The number of allylic oxidation sites excluding steroid dienone is 1. The van der Waals surface area contributed by atoms with Gasteiger partial charge in [0.2, 0.25) is 0 Å². The molecular weight excluding hydrogens is 454 g/mol. The Morgan fingerprint density at radius 1 is 1.12 bits per heavy atom. The number of benzene rings is 1. The van der Waals surface area contributed by atoms with Crippen molar-refractivity contribution < 1.29 is 9.21 Å². The van der Waals surface area contributed by atoms with Crippen molar-refractivity contribution in [3.05, 3.63) is 107 Å². The number of nitrogens with one attached hydrogen (secondary N) is 1. The van der Waals surface area contributed by atoms with Crippen LogP contribution in [0, 0.1) is 13.8 Å². The van der Waals surface area contributed by atoms with Gasteiger partial charge in [-0.2, -0.15) is 0 Å². The summed E-state index contributed by atoms with van der Waals surface area (Å²) < 4.78 is 8.07. The Hall–Kier alpha value is -3.49. The maximum atomic E-state index is 13.5. The summed E-state index contributed by atoms with van der Waals surface area (Å²) in [5.74, 6) is 0.927. The van der Waals surface area contributed by atoms with Crippen LogP contribution in [0.15, 0.2) is 79.4 Å². The van der Waals surface area contributed by atoms with Gasteiger partial charge in [0.1, 0.15) is 17.6 Å². The minimum atomic E-state index is -0.704. The van der Waals surface area contributed by atoms with Gasteiger partial charge < -0.3 is 9.73 Å². The highest BCUT2D eigenvalue weighted by Gasteiger charge is 2.34. The lowest BCUT2D eigenvalue weighted by Crippen LogP contribution is -2.40. The first-order chi connectivity index (χ1) is 15.9. The van der Waals surface area contributed by atoms with Crippen molar-refractivity contribution >= 4 is 40.3 Å². The van der Waals surface area contributed by atoms with E-state index in [1.54, 1.807) is 22.8 Å². The van der Waals surface area contributed by atoms with Crippen molar-refractivity contribution in [1.82, 2.24) is 4.57 Å². The monoisotopic (exact) mass is 475 g/mol. The van der Waals surface area contributed by atoms with Gasteiger partial charge >= 0.3 is 0 Å². The third-order valence-corrected chi connectivity index (χ3v) is 7.31. The van der Waals surface area contributed by atoms with E-state index in [0.717, 1.165) is 10.4 Å². The first-order valence-corrected chi connectivity index (χ1v) is 12.1. The fraction of sp³-hybridized carbons (Fsp3) is 0.160. The van der Waals surface area contributed by atoms with Gasteiger partial charge in [-0.25, -0.2) is 4.99 Å². The van der Waals surface area contributed by atoms with Gasteiger partial charge in [0.25, 0.3) is 11.5 Å². The highest BCUT2D eigenvalue weighted by Crippen LogP contribution is 2.32. The molecule has 1 aliphatic rings. The maximum absolute atomic E-state index is 13.5. The molecule has 0 aliphatic carbocycles. The van der Waals surface area contributed by atoms with E-state index in [4.69, 9.17) is 4.42 Å². The molecule has 3 aromatic heterocycles. The van der Waals surface area contributed by atoms with Crippen LogP contribution in [0.25, 0.3) is 6.08 Å².